The van der Waals surface area contributed by atoms with Gasteiger partial charge in [-0.05, 0) is 39.9 Å². The van der Waals surface area contributed by atoms with E-state index >= 15 is 0 Å². The standard InChI is InChI=1S/C45H29N3O/c1-4-13-30(14-5-1)32-25-27-34(28-26-32)43-46-44(36-20-10-19-35(29-36)31-15-6-2-7-16-31)48-45(47-43)39-23-12-24-40-41(39)38-22-11-21-37(42(38)49-40)33-17-8-3-9-18-33/h1-29H. The van der Waals surface area contributed by atoms with Crippen LogP contribution < -0.4 is 0 Å². The van der Waals surface area contributed by atoms with Crippen molar-refractivity contribution < 1.29 is 4.42 Å². The van der Waals surface area contributed by atoms with Crippen LogP contribution in [-0.4, -0.2) is 15.0 Å². The highest BCUT2D eigenvalue weighted by molar-refractivity contribution is 6.15. The van der Waals surface area contributed by atoms with Gasteiger partial charge in [-0.15, -0.1) is 0 Å². The van der Waals surface area contributed by atoms with E-state index in [-0.39, 0.29) is 0 Å². The summed E-state index contributed by atoms with van der Waals surface area (Å²) in [5, 5.41) is 2.00. The lowest BCUT2D eigenvalue weighted by atomic mass is 10.00. The maximum atomic E-state index is 6.58. The lowest BCUT2D eigenvalue weighted by molar-refractivity contribution is 0.670. The topological polar surface area (TPSA) is 51.8 Å². The molecular formula is C45H29N3O. The molecule has 0 radical (unpaired) electrons. The molecular weight excluding hydrogens is 599 g/mol. The van der Waals surface area contributed by atoms with Gasteiger partial charge in [-0.2, -0.15) is 0 Å². The van der Waals surface area contributed by atoms with Gasteiger partial charge in [0.15, 0.2) is 17.5 Å². The number of nitrogens with zero attached hydrogens (tertiary/aromatic N) is 3. The van der Waals surface area contributed by atoms with Gasteiger partial charge < -0.3 is 4.42 Å². The second-order valence-corrected chi connectivity index (χ2v) is 12.0. The van der Waals surface area contributed by atoms with Crippen molar-refractivity contribution >= 4 is 21.9 Å². The second kappa shape index (κ2) is 12.2. The van der Waals surface area contributed by atoms with Gasteiger partial charge in [-0.1, -0.05) is 164 Å². The molecule has 2 heterocycles. The molecule has 49 heavy (non-hydrogen) atoms. The zero-order valence-electron chi connectivity index (χ0n) is 26.5. The van der Waals surface area contributed by atoms with Gasteiger partial charge in [0.05, 0.1) is 0 Å². The molecule has 0 bridgehead atoms. The molecule has 0 saturated carbocycles. The van der Waals surface area contributed by atoms with E-state index in [1.54, 1.807) is 0 Å². The summed E-state index contributed by atoms with van der Waals surface area (Å²) >= 11 is 0. The van der Waals surface area contributed by atoms with Crippen LogP contribution in [0.2, 0.25) is 0 Å². The van der Waals surface area contributed by atoms with E-state index in [1.165, 1.54) is 0 Å². The fourth-order valence-electron chi connectivity index (χ4n) is 6.54. The molecule has 4 heteroatoms. The first-order valence-electron chi connectivity index (χ1n) is 16.4. The monoisotopic (exact) mass is 627 g/mol. The predicted octanol–water partition coefficient (Wildman–Crippen LogP) is 11.8. The van der Waals surface area contributed by atoms with E-state index in [9.17, 15) is 0 Å². The summed E-state index contributed by atoms with van der Waals surface area (Å²) in [7, 11) is 0. The number of hydrogen-bond donors (Lipinski definition) is 0. The molecule has 2 aromatic heterocycles. The minimum atomic E-state index is 0.593. The van der Waals surface area contributed by atoms with Gasteiger partial charge in [0, 0.05) is 33.0 Å². The van der Waals surface area contributed by atoms with Gasteiger partial charge in [-0.25, -0.2) is 15.0 Å². The van der Waals surface area contributed by atoms with Crippen LogP contribution in [0.15, 0.2) is 180 Å². The lowest BCUT2D eigenvalue weighted by Gasteiger charge is -2.11. The Hall–Kier alpha value is -6.65. The summed E-state index contributed by atoms with van der Waals surface area (Å²) in [5.41, 5.74) is 11.1. The molecule has 0 atom stereocenters. The van der Waals surface area contributed by atoms with Gasteiger partial charge >= 0.3 is 0 Å². The number of rotatable bonds is 6. The zero-order valence-corrected chi connectivity index (χ0v) is 26.5. The number of aromatic nitrogens is 3. The summed E-state index contributed by atoms with van der Waals surface area (Å²) in [6, 6.07) is 60.3. The number of para-hydroxylation sites is 1. The first-order chi connectivity index (χ1) is 24.3. The van der Waals surface area contributed by atoms with Crippen LogP contribution >= 0.6 is 0 Å². The molecule has 0 fully saturated rings. The van der Waals surface area contributed by atoms with Gasteiger partial charge in [0.25, 0.3) is 0 Å². The van der Waals surface area contributed by atoms with Crippen molar-refractivity contribution in [2.24, 2.45) is 0 Å². The van der Waals surface area contributed by atoms with Crippen molar-refractivity contribution in [3.05, 3.63) is 176 Å². The minimum absolute atomic E-state index is 0.593. The molecule has 0 spiro atoms. The number of hydrogen-bond acceptors (Lipinski definition) is 4. The Kier molecular flexibility index (Phi) is 7.10. The van der Waals surface area contributed by atoms with Gasteiger partial charge in [0.2, 0.25) is 0 Å². The fraction of sp³-hybridized carbons (Fsp3) is 0. The van der Waals surface area contributed by atoms with Crippen LogP contribution in [0.3, 0.4) is 0 Å². The van der Waals surface area contributed by atoms with Crippen LogP contribution in [0, 0.1) is 0 Å². The zero-order chi connectivity index (χ0) is 32.6. The predicted molar refractivity (Wildman–Crippen MR) is 200 cm³/mol. The molecule has 7 aromatic carbocycles. The van der Waals surface area contributed by atoms with E-state index in [4.69, 9.17) is 19.4 Å². The first kappa shape index (κ1) is 28.6. The summed E-state index contributed by atoms with van der Waals surface area (Å²) in [5.74, 6) is 1.81. The third-order valence-corrected chi connectivity index (χ3v) is 8.96. The Morgan fingerprint density at radius 1 is 0.327 bits per heavy atom. The molecule has 230 valence electrons. The Bertz CT molecular complexity index is 2580. The molecule has 4 nitrogen and oxygen atoms in total. The first-order valence-corrected chi connectivity index (χ1v) is 16.4. The van der Waals surface area contributed by atoms with Crippen LogP contribution in [0.1, 0.15) is 0 Å². The van der Waals surface area contributed by atoms with E-state index in [0.717, 1.165) is 72.0 Å². The van der Waals surface area contributed by atoms with Crippen LogP contribution in [0.5, 0.6) is 0 Å². The van der Waals surface area contributed by atoms with E-state index in [0.29, 0.717) is 17.5 Å². The van der Waals surface area contributed by atoms with Crippen molar-refractivity contribution in [1.82, 2.24) is 15.0 Å². The molecule has 0 saturated heterocycles. The van der Waals surface area contributed by atoms with Crippen molar-refractivity contribution in [2.45, 2.75) is 0 Å². The number of fused-ring (bicyclic) bond motifs is 3. The highest BCUT2D eigenvalue weighted by Crippen LogP contribution is 2.40. The van der Waals surface area contributed by atoms with Gasteiger partial charge in [0.1, 0.15) is 11.2 Å². The molecule has 0 amide bonds. The quantitative estimate of drug-likeness (QED) is 0.184. The summed E-state index contributed by atoms with van der Waals surface area (Å²) in [6.45, 7) is 0. The Morgan fingerprint density at radius 2 is 0.816 bits per heavy atom. The van der Waals surface area contributed by atoms with E-state index < -0.39 is 0 Å². The summed E-state index contributed by atoms with van der Waals surface area (Å²) in [6.07, 6.45) is 0. The average molecular weight is 628 g/mol. The van der Waals surface area contributed by atoms with Crippen molar-refractivity contribution in [2.75, 3.05) is 0 Å². The molecule has 0 aliphatic heterocycles. The number of benzene rings is 7. The average Bonchev–Trinajstić information content (AvgIpc) is 3.58. The minimum Gasteiger partial charge on any atom is -0.455 e. The Labute approximate surface area is 284 Å². The van der Waals surface area contributed by atoms with E-state index in [2.05, 4.69) is 146 Å². The van der Waals surface area contributed by atoms with Crippen LogP contribution in [0.25, 0.3) is 89.5 Å². The molecule has 0 aliphatic carbocycles. The highest BCUT2D eigenvalue weighted by Gasteiger charge is 2.19. The summed E-state index contributed by atoms with van der Waals surface area (Å²) in [4.78, 5) is 15.4. The van der Waals surface area contributed by atoms with Crippen molar-refractivity contribution in [3.8, 4) is 67.5 Å². The maximum Gasteiger partial charge on any atom is 0.164 e. The van der Waals surface area contributed by atoms with Crippen molar-refractivity contribution in [1.29, 1.82) is 0 Å². The molecule has 0 N–H and O–H groups in total. The molecule has 9 rings (SSSR count). The maximum absolute atomic E-state index is 6.58. The summed E-state index contributed by atoms with van der Waals surface area (Å²) < 4.78 is 6.58. The van der Waals surface area contributed by atoms with E-state index in [1.807, 2.05) is 30.3 Å². The third-order valence-electron chi connectivity index (χ3n) is 8.96. The largest absolute Gasteiger partial charge is 0.455 e. The van der Waals surface area contributed by atoms with Gasteiger partial charge in [-0.3, -0.25) is 0 Å². The Balaban J connectivity index is 1.24. The highest BCUT2D eigenvalue weighted by atomic mass is 16.3. The SMILES string of the molecule is c1ccc(-c2ccc(-c3nc(-c4cccc(-c5ccccc5)c4)nc(-c4cccc5oc6c(-c7ccccc7)cccc6c45)n3)cc2)cc1. The smallest absolute Gasteiger partial charge is 0.164 e. The fourth-order valence-corrected chi connectivity index (χ4v) is 6.54. The van der Waals surface area contributed by atoms with Crippen LogP contribution in [0.4, 0.5) is 0 Å². The third kappa shape index (κ3) is 5.35. The second-order valence-electron chi connectivity index (χ2n) is 12.0. The lowest BCUT2D eigenvalue weighted by Crippen LogP contribution is -2.00. The number of furan rings is 1. The Morgan fingerprint density at radius 3 is 1.53 bits per heavy atom. The van der Waals surface area contributed by atoms with Crippen molar-refractivity contribution in [3.63, 3.8) is 0 Å². The molecule has 9 aromatic rings. The molecule has 0 unspecified atom stereocenters. The van der Waals surface area contributed by atoms with Crippen LogP contribution in [-0.2, 0) is 0 Å². The molecule has 0 aliphatic rings. The normalized spacial score (nSPS) is 11.3.